The Bertz CT molecular complexity index is 747. The Morgan fingerprint density at radius 2 is 2.07 bits per heavy atom. The van der Waals surface area contributed by atoms with Crippen molar-refractivity contribution in [2.45, 2.75) is 44.4 Å². The Hall–Kier alpha value is -1.15. The molecule has 2 heterocycles. The van der Waals surface area contributed by atoms with E-state index in [2.05, 4.69) is 5.32 Å². The largest absolute Gasteiger partial charge is 0.376 e. The van der Waals surface area contributed by atoms with Gasteiger partial charge in [0.15, 0.2) is 9.84 Å². The summed E-state index contributed by atoms with van der Waals surface area (Å²) in [6, 6.07) is 7.24. The molecule has 0 aromatic heterocycles. The van der Waals surface area contributed by atoms with Crippen molar-refractivity contribution >= 4 is 27.3 Å². The molecule has 27 heavy (non-hydrogen) atoms. The first kappa shape index (κ1) is 20.6. The van der Waals surface area contributed by atoms with Crippen LogP contribution in [0.3, 0.4) is 0 Å². The van der Waals surface area contributed by atoms with Crippen molar-refractivity contribution in [1.29, 1.82) is 0 Å². The molecule has 1 aromatic rings. The molecule has 1 amide bonds. The summed E-state index contributed by atoms with van der Waals surface area (Å²) in [5, 5.41) is 3.92. The zero-order valence-electron chi connectivity index (χ0n) is 15.6. The van der Waals surface area contributed by atoms with E-state index in [9.17, 15) is 13.2 Å². The third-order valence-electron chi connectivity index (χ3n) is 5.32. The summed E-state index contributed by atoms with van der Waals surface area (Å²) in [7, 11) is -3.05. The first-order valence-corrected chi connectivity index (χ1v) is 11.6. The molecule has 1 N–H and O–H groups in total. The van der Waals surface area contributed by atoms with E-state index in [1.807, 2.05) is 31.2 Å². The molecule has 3 rings (SSSR count). The number of hydrogen-bond donors (Lipinski definition) is 1. The van der Waals surface area contributed by atoms with Crippen LogP contribution in [0.4, 0.5) is 0 Å². The fourth-order valence-corrected chi connectivity index (χ4v) is 5.55. The van der Waals surface area contributed by atoms with Gasteiger partial charge in [-0.25, -0.2) is 8.42 Å². The minimum absolute atomic E-state index is 0.00550. The summed E-state index contributed by atoms with van der Waals surface area (Å²) in [4.78, 5) is 14.6. The van der Waals surface area contributed by atoms with Crippen molar-refractivity contribution in [3.63, 3.8) is 0 Å². The molecular weight excluding hydrogens is 388 g/mol. The lowest BCUT2D eigenvalue weighted by molar-refractivity contribution is -0.134. The van der Waals surface area contributed by atoms with Crippen molar-refractivity contribution in [3.05, 3.63) is 34.9 Å². The van der Waals surface area contributed by atoms with Crippen molar-refractivity contribution in [3.8, 4) is 0 Å². The number of nitrogens with zero attached hydrogens (tertiary/aromatic N) is 1. The summed E-state index contributed by atoms with van der Waals surface area (Å²) in [5.41, 5.74) is 1.04. The fourth-order valence-electron chi connectivity index (χ4n) is 3.69. The van der Waals surface area contributed by atoms with E-state index in [1.165, 1.54) is 0 Å². The highest BCUT2D eigenvalue weighted by molar-refractivity contribution is 7.91. The molecule has 3 unspecified atom stereocenters. The number of sulfone groups is 1. The predicted molar refractivity (Wildman–Crippen MR) is 106 cm³/mol. The number of hydrogen-bond acceptors (Lipinski definition) is 5. The van der Waals surface area contributed by atoms with Crippen LogP contribution in [-0.4, -0.2) is 62.6 Å². The highest BCUT2D eigenvalue weighted by Crippen LogP contribution is 2.22. The lowest BCUT2D eigenvalue weighted by Crippen LogP contribution is -2.48. The lowest BCUT2D eigenvalue weighted by Gasteiger charge is -2.31. The number of amides is 1. The van der Waals surface area contributed by atoms with Crippen molar-refractivity contribution < 1.29 is 17.9 Å². The third kappa shape index (κ3) is 5.67. The van der Waals surface area contributed by atoms with E-state index in [0.717, 1.165) is 18.4 Å². The summed E-state index contributed by atoms with van der Waals surface area (Å²) in [6.07, 6.45) is 2.42. The molecule has 0 bridgehead atoms. The van der Waals surface area contributed by atoms with Gasteiger partial charge in [-0.15, -0.1) is 0 Å². The van der Waals surface area contributed by atoms with Crippen LogP contribution in [0.25, 0.3) is 0 Å². The number of ether oxygens (including phenoxy) is 1. The van der Waals surface area contributed by atoms with E-state index < -0.39 is 9.84 Å². The Balaban J connectivity index is 1.62. The van der Waals surface area contributed by atoms with Gasteiger partial charge in [-0.2, -0.15) is 0 Å². The standard InChI is InChI=1S/C19H27ClN2O4S/c1-14(15-4-6-16(20)7-5-15)21-11-19(23)22(12-18-3-2-9-26-18)17-8-10-27(24,25)13-17/h4-7,14,17-18,21H,2-3,8-13H2,1H3. The van der Waals surface area contributed by atoms with Crippen molar-refractivity contribution in [2.75, 3.05) is 31.2 Å². The Morgan fingerprint density at radius 3 is 2.67 bits per heavy atom. The monoisotopic (exact) mass is 414 g/mol. The maximum Gasteiger partial charge on any atom is 0.236 e. The Morgan fingerprint density at radius 1 is 1.33 bits per heavy atom. The first-order valence-electron chi connectivity index (χ1n) is 9.44. The van der Waals surface area contributed by atoms with E-state index in [1.54, 1.807) is 4.90 Å². The van der Waals surface area contributed by atoms with Gasteiger partial charge < -0.3 is 15.0 Å². The predicted octanol–water partition coefficient (Wildman–Crippen LogP) is 2.19. The maximum atomic E-state index is 12.9. The van der Waals surface area contributed by atoms with Crippen LogP contribution in [0.2, 0.25) is 5.02 Å². The molecule has 0 radical (unpaired) electrons. The van der Waals surface area contributed by atoms with Gasteiger partial charge in [-0.3, -0.25) is 4.79 Å². The maximum absolute atomic E-state index is 12.9. The van der Waals surface area contributed by atoms with Gasteiger partial charge in [0.2, 0.25) is 5.91 Å². The van der Waals surface area contributed by atoms with E-state index in [-0.39, 0.29) is 42.1 Å². The molecule has 150 valence electrons. The Kier molecular flexibility index (Phi) is 6.78. The normalized spacial score (nSPS) is 25.4. The van der Waals surface area contributed by atoms with Crippen LogP contribution in [0.5, 0.6) is 0 Å². The lowest BCUT2D eigenvalue weighted by atomic mass is 10.1. The molecule has 3 atom stereocenters. The minimum Gasteiger partial charge on any atom is -0.376 e. The molecule has 6 nitrogen and oxygen atoms in total. The van der Waals surface area contributed by atoms with Crippen LogP contribution in [0.15, 0.2) is 24.3 Å². The number of benzene rings is 1. The van der Waals surface area contributed by atoms with Gasteiger partial charge in [0, 0.05) is 30.3 Å². The van der Waals surface area contributed by atoms with Crippen molar-refractivity contribution in [1.82, 2.24) is 10.2 Å². The summed E-state index contributed by atoms with van der Waals surface area (Å²) < 4.78 is 29.5. The minimum atomic E-state index is -3.05. The smallest absolute Gasteiger partial charge is 0.236 e. The zero-order valence-corrected chi connectivity index (χ0v) is 17.1. The number of halogens is 1. The average Bonchev–Trinajstić information content (AvgIpc) is 3.27. The van der Waals surface area contributed by atoms with Gasteiger partial charge in [0.1, 0.15) is 0 Å². The van der Waals surface area contributed by atoms with Gasteiger partial charge >= 0.3 is 0 Å². The summed E-state index contributed by atoms with van der Waals surface area (Å²) in [5.74, 6) is 0.133. The first-order chi connectivity index (χ1) is 12.8. The highest BCUT2D eigenvalue weighted by Gasteiger charge is 2.36. The molecule has 8 heteroatoms. The van der Waals surface area contributed by atoms with Gasteiger partial charge in [0.25, 0.3) is 0 Å². The molecule has 0 saturated carbocycles. The molecule has 2 aliphatic rings. The SMILES string of the molecule is CC(NCC(=O)N(CC1CCCO1)C1CCS(=O)(=O)C1)c1ccc(Cl)cc1. The zero-order chi connectivity index (χ0) is 19.4. The average molecular weight is 415 g/mol. The number of nitrogens with one attached hydrogen (secondary N) is 1. The van der Waals surface area contributed by atoms with Gasteiger partial charge in [0.05, 0.1) is 24.2 Å². The molecular formula is C19H27ClN2O4S. The molecule has 2 fully saturated rings. The van der Waals surface area contributed by atoms with Crippen LogP contribution in [-0.2, 0) is 19.4 Å². The van der Waals surface area contributed by atoms with Gasteiger partial charge in [-0.1, -0.05) is 23.7 Å². The van der Waals surface area contributed by atoms with Crippen LogP contribution in [0, 0.1) is 0 Å². The highest BCUT2D eigenvalue weighted by atomic mass is 35.5. The van der Waals surface area contributed by atoms with Crippen LogP contribution < -0.4 is 5.32 Å². The summed E-state index contributed by atoms with van der Waals surface area (Å²) in [6.45, 7) is 3.32. The van der Waals surface area contributed by atoms with Gasteiger partial charge in [-0.05, 0) is 43.9 Å². The second-order valence-electron chi connectivity index (χ2n) is 7.39. The summed E-state index contributed by atoms with van der Waals surface area (Å²) >= 11 is 5.92. The molecule has 0 aliphatic carbocycles. The second kappa shape index (κ2) is 8.90. The number of carbonyl (C=O) groups excluding carboxylic acids is 1. The van der Waals surface area contributed by atoms with Crippen LogP contribution in [0.1, 0.15) is 37.8 Å². The topological polar surface area (TPSA) is 75.7 Å². The number of carbonyl (C=O) groups is 1. The molecule has 2 aliphatic heterocycles. The van der Waals surface area contributed by atoms with E-state index in [0.29, 0.717) is 24.6 Å². The molecule has 1 aromatic carbocycles. The van der Waals surface area contributed by atoms with Crippen LogP contribution >= 0.6 is 11.6 Å². The van der Waals surface area contributed by atoms with E-state index >= 15 is 0 Å². The molecule has 2 saturated heterocycles. The third-order valence-corrected chi connectivity index (χ3v) is 7.33. The fraction of sp³-hybridized carbons (Fsp3) is 0.632. The van der Waals surface area contributed by atoms with E-state index in [4.69, 9.17) is 16.3 Å². The second-order valence-corrected chi connectivity index (χ2v) is 10.1. The molecule has 0 spiro atoms. The Labute approximate surface area is 166 Å². The van der Waals surface area contributed by atoms with Crippen molar-refractivity contribution in [2.24, 2.45) is 0 Å². The number of rotatable bonds is 7. The quantitative estimate of drug-likeness (QED) is 0.740.